The zero-order valence-corrected chi connectivity index (χ0v) is 16.9. The number of hydrogen-bond acceptors (Lipinski definition) is 5. The number of amides is 1. The second-order valence-corrected chi connectivity index (χ2v) is 8.96. The van der Waals surface area contributed by atoms with Crippen molar-refractivity contribution in [2.75, 3.05) is 11.1 Å². The van der Waals surface area contributed by atoms with Crippen molar-refractivity contribution in [1.82, 2.24) is 14.8 Å². The highest BCUT2D eigenvalue weighted by Crippen LogP contribution is 2.24. The molecule has 0 atom stereocenters. The zero-order valence-electron chi connectivity index (χ0n) is 14.5. The maximum absolute atomic E-state index is 12.4. The monoisotopic (exact) mass is 448 g/mol. The van der Waals surface area contributed by atoms with Gasteiger partial charge in [0.1, 0.15) is 12.7 Å². The SMILES string of the molecule is Cc1ccc(S(=O)(=O)CCC(=O)Nc2cc(Br)ccc2-n2cncn2)cc1. The van der Waals surface area contributed by atoms with E-state index in [-0.39, 0.29) is 17.1 Å². The number of benzene rings is 2. The lowest BCUT2D eigenvalue weighted by atomic mass is 10.2. The summed E-state index contributed by atoms with van der Waals surface area (Å²) in [6.45, 7) is 1.88. The van der Waals surface area contributed by atoms with Gasteiger partial charge in [-0.2, -0.15) is 5.10 Å². The highest BCUT2D eigenvalue weighted by atomic mass is 79.9. The van der Waals surface area contributed by atoms with Gasteiger partial charge in [0, 0.05) is 10.9 Å². The molecule has 0 aliphatic rings. The molecule has 9 heteroatoms. The number of nitrogens with one attached hydrogen (secondary N) is 1. The molecule has 3 rings (SSSR count). The minimum absolute atomic E-state index is 0.153. The van der Waals surface area contributed by atoms with Crippen LogP contribution in [0, 0.1) is 6.92 Å². The van der Waals surface area contributed by atoms with E-state index < -0.39 is 15.7 Å². The Kier molecular flexibility index (Phi) is 5.71. The summed E-state index contributed by atoms with van der Waals surface area (Å²) in [5.41, 5.74) is 2.11. The zero-order chi connectivity index (χ0) is 19.4. The van der Waals surface area contributed by atoms with Gasteiger partial charge in [0.15, 0.2) is 9.84 Å². The number of carbonyl (C=O) groups excluding carboxylic acids is 1. The van der Waals surface area contributed by atoms with Crippen LogP contribution in [0.15, 0.2) is 64.5 Å². The molecule has 1 heterocycles. The van der Waals surface area contributed by atoms with Gasteiger partial charge >= 0.3 is 0 Å². The first kappa shape index (κ1) is 19.2. The van der Waals surface area contributed by atoms with Crippen LogP contribution in [0.2, 0.25) is 0 Å². The number of halogens is 1. The van der Waals surface area contributed by atoms with E-state index in [9.17, 15) is 13.2 Å². The van der Waals surface area contributed by atoms with Crippen molar-refractivity contribution in [3.8, 4) is 5.69 Å². The summed E-state index contributed by atoms with van der Waals surface area (Å²) in [6.07, 6.45) is 2.75. The molecule has 2 aromatic carbocycles. The summed E-state index contributed by atoms with van der Waals surface area (Å²) < 4.78 is 27.1. The smallest absolute Gasteiger partial charge is 0.225 e. The highest BCUT2D eigenvalue weighted by molar-refractivity contribution is 9.10. The standard InChI is InChI=1S/C18H17BrN4O3S/c1-13-2-5-15(6-3-13)27(25,26)9-8-18(24)22-16-10-14(19)4-7-17(16)23-12-20-11-21-23/h2-7,10-12H,8-9H2,1H3,(H,22,24). The summed E-state index contributed by atoms with van der Waals surface area (Å²) in [5, 5.41) is 6.81. The van der Waals surface area contributed by atoms with Crippen molar-refractivity contribution in [3.05, 3.63) is 65.2 Å². The Morgan fingerprint density at radius 1 is 1.19 bits per heavy atom. The Morgan fingerprint density at radius 2 is 1.93 bits per heavy atom. The Balaban J connectivity index is 1.71. The number of hydrogen-bond donors (Lipinski definition) is 1. The average Bonchev–Trinajstić information content (AvgIpc) is 3.15. The van der Waals surface area contributed by atoms with Crippen molar-refractivity contribution < 1.29 is 13.2 Å². The lowest BCUT2D eigenvalue weighted by molar-refractivity contribution is -0.115. The second kappa shape index (κ2) is 8.01. The molecule has 1 N–H and O–H groups in total. The van der Waals surface area contributed by atoms with Crippen molar-refractivity contribution in [1.29, 1.82) is 0 Å². The van der Waals surface area contributed by atoms with E-state index in [1.54, 1.807) is 36.4 Å². The van der Waals surface area contributed by atoms with Crippen LogP contribution in [0.4, 0.5) is 5.69 Å². The van der Waals surface area contributed by atoms with Crippen LogP contribution in [0.5, 0.6) is 0 Å². The van der Waals surface area contributed by atoms with Crippen LogP contribution in [-0.2, 0) is 14.6 Å². The van der Waals surface area contributed by atoms with Crippen LogP contribution in [0.1, 0.15) is 12.0 Å². The fraction of sp³-hybridized carbons (Fsp3) is 0.167. The molecule has 0 spiro atoms. The number of nitrogens with zero attached hydrogens (tertiary/aromatic N) is 3. The third-order valence-electron chi connectivity index (χ3n) is 3.88. The molecule has 0 fully saturated rings. The summed E-state index contributed by atoms with van der Waals surface area (Å²) >= 11 is 3.36. The summed E-state index contributed by atoms with van der Waals surface area (Å²) in [5.74, 6) is -0.667. The average molecular weight is 449 g/mol. The molecular formula is C18H17BrN4O3S. The number of anilines is 1. The van der Waals surface area contributed by atoms with E-state index in [4.69, 9.17) is 0 Å². The molecule has 1 amide bonds. The quantitative estimate of drug-likeness (QED) is 0.624. The Hall–Kier alpha value is -2.52. The molecule has 0 bridgehead atoms. The number of rotatable bonds is 6. The lowest BCUT2D eigenvalue weighted by Gasteiger charge is -2.11. The Morgan fingerprint density at radius 3 is 2.59 bits per heavy atom. The molecular weight excluding hydrogens is 432 g/mol. The van der Waals surface area contributed by atoms with Gasteiger partial charge in [-0.1, -0.05) is 33.6 Å². The van der Waals surface area contributed by atoms with Gasteiger partial charge in [-0.25, -0.2) is 18.1 Å². The summed E-state index contributed by atoms with van der Waals surface area (Å²) in [7, 11) is -3.52. The fourth-order valence-electron chi connectivity index (χ4n) is 2.44. The van der Waals surface area contributed by atoms with Crippen LogP contribution in [0.25, 0.3) is 5.69 Å². The van der Waals surface area contributed by atoms with Gasteiger partial charge in [-0.3, -0.25) is 4.79 Å². The largest absolute Gasteiger partial charge is 0.324 e. The van der Waals surface area contributed by atoms with Gasteiger partial charge in [0.25, 0.3) is 0 Å². The van der Waals surface area contributed by atoms with Crippen LogP contribution in [-0.4, -0.2) is 34.8 Å². The predicted molar refractivity (Wildman–Crippen MR) is 106 cm³/mol. The third kappa shape index (κ3) is 4.81. The molecule has 140 valence electrons. The molecule has 0 aliphatic heterocycles. The van der Waals surface area contributed by atoms with Gasteiger partial charge in [-0.15, -0.1) is 0 Å². The molecule has 27 heavy (non-hydrogen) atoms. The van der Waals surface area contributed by atoms with E-state index >= 15 is 0 Å². The van der Waals surface area contributed by atoms with Crippen LogP contribution < -0.4 is 5.32 Å². The van der Waals surface area contributed by atoms with Gasteiger partial charge in [-0.05, 0) is 37.3 Å². The Labute approximate surface area is 165 Å². The number of aromatic nitrogens is 3. The molecule has 0 radical (unpaired) electrons. The second-order valence-electron chi connectivity index (χ2n) is 5.93. The molecule has 3 aromatic rings. The molecule has 0 aliphatic carbocycles. The third-order valence-corrected chi connectivity index (χ3v) is 6.10. The number of sulfone groups is 1. The normalized spacial score (nSPS) is 11.3. The first-order chi connectivity index (χ1) is 12.8. The predicted octanol–water partition coefficient (Wildman–Crippen LogP) is 3.14. The van der Waals surface area contributed by atoms with E-state index in [1.165, 1.54) is 17.3 Å². The van der Waals surface area contributed by atoms with Crippen LogP contribution >= 0.6 is 15.9 Å². The maximum atomic E-state index is 12.4. The van der Waals surface area contributed by atoms with Crippen molar-refractivity contribution >= 4 is 37.4 Å². The minimum Gasteiger partial charge on any atom is -0.324 e. The lowest BCUT2D eigenvalue weighted by Crippen LogP contribution is -2.18. The topological polar surface area (TPSA) is 94.0 Å². The van der Waals surface area contributed by atoms with Gasteiger partial charge in [0.2, 0.25) is 5.91 Å². The minimum atomic E-state index is -3.52. The highest BCUT2D eigenvalue weighted by Gasteiger charge is 2.17. The molecule has 0 saturated carbocycles. The number of aryl methyl sites for hydroxylation is 1. The van der Waals surface area contributed by atoms with Gasteiger partial charge in [0.05, 0.1) is 22.0 Å². The summed E-state index contributed by atoms with van der Waals surface area (Å²) in [4.78, 5) is 16.5. The number of carbonyl (C=O) groups is 1. The van der Waals surface area contributed by atoms with Gasteiger partial charge < -0.3 is 5.32 Å². The van der Waals surface area contributed by atoms with Crippen molar-refractivity contribution in [2.24, 2.45) is 0 Å². The Bertz CT molecular complexity index is 1050. The maximum Gasteiger partial charge on any atom is 0.225 e. The van der Waals surface area contributed by atoms with Crippen molar-refractivity contribution in [3.63, 3.8) is 0 Å². The van der Waals surface area contributed by atoms with Crippen LogP contribution in [0.3, 0.4) is 0 Å². The fourth-order valence-corrected chi connectivity index (χ4v) is 4.05. The van der Waals surface area contributed by atoms with E-state index in [1.807, 2.05) is 13.0 Å². The molecule has 7 nitrogen and oxygen atoms in total. The first-order valence-corrected chi connectivity index (χ1v) is 10.5. The molecule has 0 saturated heterocycles. The first-order valence-electron chi connectivity index (χ1n) is 8.09. The van der Waals surface area contributed by atoms with E-state index in [0.29, 0.717) is 11.4 Å². The van der Waals surface area contributed by atoms with E-state index in [0.717, 1.165) is 10.0 Å². The summed E-state index contributed by atoms with van der Waals surface area (Å²) in [6, 6.07) is 11.9. The van der Waals surface area contributed by atoms with E-state index in [2.05, 4.69) is 31.3 Å². The molecule has 0 unspecified atom stereocenters. The molecule has 1 aromatic heterocycles. The van der Waals surface area contributed by atoms with Crippen molar-refractivity contribution in [2.45, 2.75) is 18.2 Å².